The van der Waals surface area contributed by atoms with Gasteiger partial charge in [-0.05, 0) is 25.3 Å². The molecule has 0 radical (unpaired) electrons. The molecule has 2 saturated heterocycles. The van der Waals surface area contributed by atoms with E-state index in [4.69, 9.17) is 9.73 Å². The summed E-state index contributed by atoms with van der Waals surface area (Å²) in [6.07, 6.45) is 4.44. The topological polar surface area (TPSA) is 57.1 Å². The van der Waals surface area contributed by atoms with Gasteiger partial charge < -0.3 is 20.1 Å². The Morgan fingerprint density at radius 3 is 2.50 bits per heavy atom. The molecular formula is C20H30IN3O2. The molecule has 0 atom stereocenters. The molecule has 2 aliphatic heterocycles. The van der Waals surface area contributed by atoms with Crippen LogP contribution in [-0.4, -0.2) is 62.0 Å². The number of hydrogen-bond donors (Lipinski definition) is 2. The first-order valence-corrected chi connectivity index (χ1v) is 9.21. The lowest BCUT2D eigenvalue weighted by atomic mass is 9.87. The zero-order valence-electron chi connectivity index (χ0n) is 15.5. The largest absolute Gasteiger partial charge is 0.396 e. The molecule has 5 nitrogen and oxygen atoms in total. The predicted molar refractivity (Wildman–Crippen MR) is 117 cm³/mol. The van der Waals surface area contributed by atoms with E-state index in [1.54, 1.807) is 0 Å². The highest BCUT2D eigenvalue weighted by Crippen LogP contribution is 2.27. The third kappa shape index (κ3) is 5.44. The van der Waals surface area contributed by atoms with Crippen molar-refractivity contribution in [2.45, 2.75) is 19.8 Å². The molecule has 2 N–H and O–H groups in total. The first-order chi connectivity index (χ1) is 12.2. The molecule has 0 unspecified atom stereocenters. The van der Waals surface area contributed by atoms with Crippen molar-refractivity contribution in [3.63, 3.8) is 0 Å². The lowest BCUT2D eigenvalue weighted by molar-refractivity contribution is -0.130. The standard InChI is InChI=1S/C20H29N3O2.HI/c1-2-21-19(22-13-20(14-24)15-25-16-20)23-10-8-18(9-11-23)12-17-6-4-3-5-7-17;/h3-7,12,24H,2,8-11,13-16H2,1H3,(H,21,22);1H. The molecule has 2 fully saturated rings. The molecule has 3 rings (SSSR count). The third-order valence-electron chi connectivity index (χ3n) is 4.93. The van der Waals surface area contributed by atoms with Crippen LogP contribution in [0.1, 0.15) is 25.3 Å². The van der Waals surface area contributed by atoms with Gasteiger partial charge in [0.1, 0.15) is 0 Å². The molecule has 1 aromatic rings. The lowest BCUT2D eigenvalue weighted by Crippen LogP contribution is -2.50. The minimum Gasteiger partial charge on any atom is -0.396 e. The number of piperidine rings is 1. The minimum atomic E-state index is -0.172. The smallest absolute Gasteiger partial charge is 0.193 e. The molecule has 0 saturated carbocycles. The number of benzene rings is 1. The summed E-state index contributed by atoms with van der Waals surface area (Å²) in [5.41, 5.74) is 2.60. The van der Waals surface area contributed by atoms with Gasteiger partial charge in [-0.15, -0.1) is 24.0 Å². The lowest BCUT2D eigenvalue weighted by Gasteiger charge is -2.39. The Hall–Kier alpha value is -1.12. The fraction of sp³-hybridized carbons (Fsp3) is 0.550. The highest BCUT2D eigenvalue weighted by molar-refractivity contribution is 14.0. The molecule has 0 aromatic heterocycles. The Balaban J connectivity index is 0.00000243. The Kier molecular flexibility index (Phi) is 8.37. The van der Waals surface area contributed by atoms with Crippen molar-refractivity contribution in [3.8, 4) is 0 Å². The van der Waals surface area contributed by atoms with Gasteiger partial charge in [-0.3, -0.25) is 4.99 Å². The summed E-state index contributed by atoms with van der Waals surface area (Å²) in [6, 6.07) is 10.5. The zero-order valence-corrected chi connectivity index (χ0v) is 17.8. The molecule has 2 aliphatic rings. The number of rotatable bonds is 5. The first-order valence-electron chi connectivity index (χ1n) is 9.21. The Morgan fingerprint density at radius 1 is 1.27 bits per heavy atom. The van der Waals surface area contributed by atoms with E-state index in [0.29, 0.717) is 19.8 Å². The number of ether oxygens (including phenoxy) is 1. The van der Waals surface area contributed by atoms with Crippen LogP contribution in [0.3, 0.4) is 0 Å². The van der Waals surface area contributed by atoms with Crippen molar-refractivity contribution in [2.24, 2.45) is 10.4 Å². The number of aliphatic imine (C=N–C) groups is 1. The maximum absolute atomic E-state index is 9.57. The fourth-order valence-electron chi connectivity index (χ4n) is 3.23. The minimum absolute atomic E-state index is 0. The van der Waals surface area contributed by atoms with E-state index in [-0.39, 0.29) is 36.0 Å². The fourth-order valence-corrected chi connectivity index (χ4v) is 3.23. The van der Waals surface area contributed by atoms with E-state index >= 15 is 0 Å². The van der Waals surface area contributed by atoms with Crippen LogP contribution in [0.4, 0.5) is 0 Å². The van der Waals surface area contributed by atoms with Crippen molar-refractivity contribution in [2.75, 3.05) is 46.0 Å². The predicted octanol–water partition coefficient (Wildman–Crippen LogP) is 2.76. The number of halogens is 1. The number of aliphatic hydroxyl groups excluding tert-OH is 1. The van der Waals surface area contributed by atoms with Crippen LogP contribution in [0.15, 0.2) is 40.9 Å². The van der Waals surface area contributed by atoms with Crippen LogP contribution < -0.4 is 5.32 Å². The maximum Gasteiger partial charge on any atom is 0.193 e. The molecule has 1 aromatic carbocycles. The molecule has 0 bridgehead atoms. The van der Waals surface area contributed by atoms with Gasteiger partial charge in [0.2, 0.25) is 0 Å². The third-order valence-corrected chi connectivity index (χ3v) is 4.93. The Morgan fingerprint density at radius 2 is 1.96 bits per heavy atom. The molecule has 0 spiro atoms. The van der Waals surface area contributed by atoms with Gasteiger partial charge in [-0.25, -0.2) is 0 Å². The second-order valence-electron chi connectivity index (χ2n) is 7.02. The van der Waals surface area contributed by atoms with Crippen molar-refractivity contribution >= 4 is 36.0 Å². The van der Waals surface area contributed by atoms with Crippen LogP contribution >= 0.6 is 24.0 Å². The number of likely N-dealkylation sites (tertiary alicyclic amines) is 1. The van der Waals surface area contributed by atoms with Crippen LogP contribution in [-0.2, 0) is 4.74 Å². The average molecular weight is 471 g/mol. The zero-order chi connectivity index (χ0) is 17.5. The van der Waals surface area contributed by atoms with Crippen molar-refractivity contribution in [3.05, 3.63) is 41.5 Å². The van der Waals surface area contributed by atoms with E-state index < -0.39 is 0 Å². The summed E-state index contributed by atoms with van der Waals surface area (Å²) >= 11 is 0. The second kappa shape index (κ2) is 10.3. The summed E-state index contributed by atoms with van der Waals surface area (Å²) in [7, 11) is 0. The second-order valence-corrected chi connectivity index (χ2v) is 7.02. The van der Waals surface area contributed by atoms with Crippen LogP contribution in [0.25, 0.3) is 6.08 Å². The summed E-state index contributed by atoms with van der Waals surface area (Å²) < 4.78 is 5.27. The van der Waals surface area contributed by atoms with E-state index in [9.17, 15) is 5.11 Å². The van der Waals surface area contributed by atoms with Gasteiger partial charge >= 0.3 is 0 Å². The van der Waals surface area contributed by atoms with Gasteiger partial charge in [-0.1, -0.05) is 42.0 Å². The number of aliphatic hydroxyl groups is 1. The van der Waals surface area contributed by atoms with Crippen molar-refractivity contribution in [1.29, 1.82) is 0 Å². The van der Waals surface area contributed by atoms with E-state index in [0.717, 1.165) is 38.4 Å². The van der Waals surface area contributed by atoms with Gasteiger partial charge in [0.25, 0.3) is 0 Å². The Labute approximate surface area is 173 Å². The summed E-state index contributed by atoms with van der Waals surface area (Å²) in [5, 5.41) is 13.0. The number of hydrogen-bond acceptors (Lipinski definition) is 3. The van der Waals surface area contributed by atoms with Crippen LogP contribution in [0.5, 0.6) is 0 Å². The van der Waals surface area contributed by atoms with Crippen LogP contribution in [0.2, 0.25) is 0 Å². The highest BCUT2D eigenvalue weighted by Gasteiger charge is 2.38. The van der Waals surface area contributed by atoms with Crippen molar-refractivity contribution < 1.29 is 9.84 Å². The average Bonchev–Trinajstić information content (AvgIpc) is 2.62. The number of guanidine groups is 1. The molecule has 26 heavy (non-hydrogen) atoms. The first kappa shape index (κ1) is 21.2. The Bertz CT molecular complexity index is 599. The molecule has 0 amide bonds. The van der Waals surface area contributed by atoms with Gasteiger partial charge in [-0.2, -0.15) is 0 Å². The van der Waals surface area contributed by atoms with E-state index in [2.05, 4.69) is 53.5 Å². The highest BCUT2D eigenvalue weighted by atomic mass is 127. The van der Waals surface area contributed by atoms with Crippen LogP contribution in [0, 0.1) is 5.41 Å². The van der Waals surface area contributed by atoms with E-state index in [1.807, 2.05) is 0 Å². The maximum atomic E-state index is 9.57. The molecule has 144 valence electrons. The van der Waals surface area contributed by atoms with Gasteiger partial charge in [0.15, 0.2) is 5.96 Å². The van der Waals surface area contributed by atoms with E-state index in [1.165, 1.54) is 11.1 Å². The molecule has 0 aliphatic carbocycles. The normalized spacial score (nSPS) is 19.4. The monoisotopic (exact) mass is 471 g/mol. The van der Waals surface area contributed by atoms with Crippen molar-refractivity contribution in [1.82, 2.24) is 10.2 Å². The molecule has 6 heteroatoms. The van der Waals surface area contributed by atoms with Gasteiger partial charge in [0, 0.05) is 19.6 Å². The quantitative estimate of drug-likeness (QED) is 0.394. The summed E-state index contributed by atoms with van der Waals surface area (Å²) in [4.78, 5) is 7.11. The molecule has 2 heterocycles. The summed E-state index contributed by atoms with van der Waals surface area (Å²) in [5.74, 6) is 0.959. The number of nitrogens with zero attached hydrogens (tertiary/aromatic N) is 2. The molecular weight excluding hydrogens is 441 g/mol. The number of nitrogens with one attached hydrogen (secondary N) is 1. The SMILES string of the molecule is CCNC(=NCC1(CO)COC1)N1CCC(=Cc2ccccc2)CC1.I. The summed E-state index contributed by atoms with van der Waals surface area (Å²) in [6.45, 7) is 6.88. The van der Waals surface area contributed by atoms with Gasteiger partial charge in [0.05, 0.1) is 31.8 Å².